The van der Waals surface area contributed by atoms with Gasteiger partial charge >= 0.3 is 0 Å². The standard InChI is InChI=1S/C20H26N2O3/c1-12(2)15-5-7-16(8-6-15)18(9-10-23)22-20(25)17-11-13(3)14(4)21-19(17)24/h5-8,11-12,18,23H,9-10H2,1-4H3,(H,21,24)(H,22,25). The maximum Gasteiger partial charge on any atom is 0.261 e. The Morgan fingerprint density at radius 3 is 2.32 bits per heavy atom. The quantitative estimate of drug-likeness (QED) is 0.755. The van der Waals surface area contributed by atoms with Crippen LogP contribution in [0.25, 0.3) is 0 Å². The minimum Gasteiger partial charge on any atom is -0.396 e. The zero-order chi connectivity index (χ0) is 18.6. The number of pyridine rings is 1. The Morgan fingerprint density at radius 1 is 1.16 bits per heavy atom. The summed E-state index contributed by atoms with van der Waals surface area (Å²) in [5, 5.41) is 12.2. The number of H-pyrrole nitrogens is 1. The molecule has 134 valence electrons. The molecule has 0 aliphatic heterocycles. The van der Waals surface area contributed by atoms with Gasteiger partial charge in [-0.05, 0) is 48.9 Å². The second kappa shape index (κ2) is 8.12. The van der Waals surface area contributed by atoms with Crippen LogP contribution in [-0.2, 0) is 0 Å². The highest BCUT2D eigenvalue weighted by molar-refractivity contribution is 5.94. The molecule has 1 aromatic carbocycles. The number of hydrogen-bond donors (Lipinski definition) is 3. The predicted molar refractivity (Wildman–Crippen MR) is 99.0 cm³/mol. The number of carbonyl (C=O) groups is 1. The van der Waals surface area contributed by atoms with E-state index in [1.807, 2.05) is 31.2 Å². The first-order valence-corrected chi connectivity index (χ1v) is 8.55. The number of aromatic amines is 1. The lowest BCUT2D eigenvalue weighted by Gasteiger charge is -2.19. The van der Waals surface area contributed by atoms with E-state index in [-0.39, 0.29) is 18.2 Å². The highest BCUT2D eigenvalue weighted by atomic mass is 16.3. The smallest absolute Gasteiger partial charge is 0.261 e. The van der Waals surface area contributed by atoms with E-state index in [2.05, 4.69) is 24.1 Å². The molecule has 5 heteroatoms. The van der Waals surface area contributed by atoms with Gasteiger partial charge in [0.15, 0.2) is 0 Å². The van der Waals surface area contributed by atoms with Crippen LogP contribution < -0.4 is 10.9 Å². The van der Waals surface area contributed by atoms with Crippen molar-refractivity contribution in [2.75, 3.05) is 6.61 Å². The predicted octanol–water partition coefficient (Wildman–Crippen LogP) is 2.97. The number of aliphatic hydroxyl groups excluding tert-OH is 1. The zero-order valence-electron chi connectivity index (χ0n) is 15.2. The maximum absolute atomic E-state index is 12.6. The summed E-state index contributed by atoms with van der Waals surface area (Å²) in [6.07, 6.45) is 0.384. The number of aryl methyl sites for hydroxylation is 2. The molecular formula is C20H26N2O3. The Labute approximate surface area is 148 Å². The van der Waals surface area contributed by atoms with Crippen molar-refractivity contribution in [3.8, 4) is 0 Å². The average molecular weight is 342 g/mol. The summed E-state index contributed by atoms with van der Waals surface area (Å²) >= 11 is 0. The normalized spacial score (nSPS) is 12.2. The highest BCUT2D eigenvalue weighted by Gasteiger charge is 2.18. The molecule has 0 saturated heterocycles. The summed E-state index contributed by atoms with van der Waals surface area (Å²) in [7, 11) is 0. The Kier molecular flexibility index (Phi) is 6.15. The molecule has 1 unspecified atom stereocenters. The average Bonchev–Trinajstić information content (AvgIpc) is 2.57. The third-order valence-corrected chi connectivity index (χ3v) is 4.47. The molecule has 2 rings (SSSR count). The third kappa shape index (κ3) is 4.57. The van der Waals surface area contributed by atoms with Crippen LogP contribution in [0.3, 0.4) is 0 Å². The summed E-state index contributed by atoms with van der Waals surface area (Å²) < 4.78 is 0. The van der Waals surface area contributed by atoms with E-state index in [4.69, 9.17) is 0 Å². The van der Waals surface area contributed by atoms with Crippen molar-refractivity contribution in [1.82, 2.24) is 10.3 Å². The number of benzene rings is 1. The van der Waals surface area contributed by atoms with Crippen LogP contribution in [-0.4, -0.2) is 22.6 Å². The summed E-state index contributed by atoms with van der Waals surface area (Å²) in [6, 6.07) is 9.22. The van der Waals surface area contributed by atoms with Crippen molar-refractivity contribution in [3.63, 3.8) is 0 Å². The summed E-state index contributed by atoms with van der Waals surface area (Å²) in [6.45, 7) is 7.82. The van der Waals surface area contributed by atoms with Crippen LogP contribution in [0.1, 0.15) is 65.0 Å². The van der Waals surface area contributed by atoms with E-state index < -0.39 is 11.5 Å². The summed E-state index contributed by atoms with van der Waals surface area (Å²) in [5.74, 6) is -0.00948. The summed E-state index contributed by atoms with van der Waals surface area (Å²) in [5.41, 5.74) is 3.40. The number of aliphatic hydroxyl groups is 1. The van der Waals surface area contributed by atoms with Gasteiger partial charge in [0.05, 0.1) is 6.04 Å². The lowest BCUT2D eigenvalue weighted by molar-refractivity contribution is 0.0928. The molecule has 1 aromatic heterocycles. The van der Waals surface area contributed by atoms with Crippen LogP contribution in [0.2, 0.25) is 0 Å². The molecule has 0 bridgehead atoms. The van der Waals surface area contributed by atoms with Crippen molar-refractivity contribution >= 4 is 5.91 Å². The largest absolute Gasteiger partial charge is 0.396 e. The van der Waals surface area contributed by atoms with Crippen LogP contribution >= 0.6 is 0 Å². The molecule has 0 spiro atoms. The Morgan fingerprint density at radius 2 is 1.76 bits per heavy atom. The van der Waals surface area contributed by atoms with Crippen LogP contribution in [0.5, 0.6) is 0 Å². The molecule has 2 aromatic rings. The Bertz CT molecular complexity index is 792. The first-order chi connectivity index (χ1) is 11.8. The lowest BCUT2D eigenvalue weighted by atomic mass is 9.97. The number of amides is 1. The SMILES string of the molecule is Cc1cc(C(=O)NC(CCO)c2ccc(C(C)C)cc2)c(=O)[nH]c1C. The second-order valence-electron chi connectivity index (χ2n) is 6.68. The lowest BCUT2D eigenvalue weighted by Crippen LogP contribution is -2.33. The molecule has 1 heterocycles. The van der Waals surface area contributed by atoms with Crippen molar-refractivity contribution in [2.45, 2.75) is 46.1 Å². The number of hydrogen-bond acceptors (Lipinski definition) is 3. The van der Waals surface area contributed by atoms with E-state index in [0.29, 0.717) is 12.3 Å². The Hall–Kier alpha value is -2.40. The molecule has 25 heavy (non-hydrogen) atoms. The van der Waals surface area contributed by atoms with E-state index >= 15 is 0 Å². The van der Waals surface area contributed by atoms with E-state index in [9.17, 15) is 14.7 Å². The first-order valence-electron chi connectivity index (χ1n) is 8.55. The van der Waals surface area contributed by atoms with Crippen LogP contribution in [0.4, 0.5) is 0 Å². The van der Waals surface area contributed by atoms with Gasteiger partial charge in [-0.1, -0.05) is 38.1 Å². The molecule has 1 amide bonds. The molecule has 0 fully saturated rings. The minimum atomic E-state index is -0.435. The first kappa shape index (κ1) is 18.9. The second-order valence-corrected chi connectivity index (χ2v) is 6.68. The van der Waals surface area contributed by atoms with Gasteiger partial charge in [-0.2, -0.15) is 0 Å². The fourth-order valence-corrected chi connectivity index (χ4v) is 2.70. The van der Waals surface area contributed by atoms with E-state index in [0.717, 1.165) is 16.8 Å². The molecule has 5 nitrogen and oxygen atoms in total. The third-order valence-electron chi connectivity index (χ3n) is 4.47. The maximum atomic E-state index is 12.6. The van der Waals surface area contributed by atoms with Gasteiger partial charge in [0, 0.05) is 12.3 Å². The molecule has 0 aliphatic rings. The highest BCUT2D eigenvalue weighted by Crippen LogP contribution is 2.21. The van der Waals surface area contributed by atoms with Gasteiger partial charge < -0.3 is 15.4 Å². The molecule has 3 N–H and O–H groups in total. The Balaban J connectivity index is 2.25. The van der Waals surface area contributed by atoms with Gasteiger partial charge in [-0.25, -0.2) is 0 Å². The van der Waals surface area contributed by atoms with Crippen molar-refractivity contribution in [1.29, 1.82) is 0 Å². The monoisotopic (exact) mass is 342 g/mol. The molecule has 0 radical (unpaired) electrons. The zero-order valence-corrected chi connectivity index (χ0v) is 15.2. The minimum absolute atomic E-state index is 0.0554. The number of aromatic nitrogens is 1. The van der Waals surface area contributed by atoms with Gasteiger partial charge in [0.2, 0.25) is 0 Å². The van der Waals surface area contributed by atoms with E-state index in [1.165, 1.54) is 5.56 Å². The van der Waals surface area contributed by atoms with E-state index in [1.54, 1.807) is 13.0 Å². The molecular weight excluding hydrogens is 316 g/mol. The van der Waals surface area contributed by atoms with Crippen LogP contribution in [0, 0.1) is 13.8 Å². The topological polar surface area (TPSA) is 82.2 Å². The number of nitrogens with one attached hydrogen (secondary N) is 2. The number of rotatable bonds is 6. The molecule has 0 saturated carbocycles. The van der Waals surface area contributed by atoms with Crippen LogP contribution in [0.15, 0.2) is 35.1 Å². The fraction of sp³-hybridized carbons (Fsp3) is 0.400. The van der Waals surface area contributed by atoms with Gasteiger partial charge in [0.1, 0.15) is 5.56 Å². The molecule has 0 aliphatic carbocycles. The summed E-state index contributed by atoms with van der Waals surface area (Å²) in [4.78, 5) is 27.3. The van der Waals surface area contributed by atoms with Gasteiger partial charge in [-0.15, -0.1) is 0 Å². The van der Waals surface area contributed by atoms with Gasteiger partial charge in [-0.3, -0.25) is 9.59 Å². The fourth-order valence-electron chi connectivity index (χ4n) is 2.70. The number of carbonyl (C=O) groups excluding carboxylic acids is 1. The van der Waals surface area contributed by atoms with Crippen molar-refractivity contribution in [2.24, 2.45) is 0 Å². The van der Waals surface area contributed by atoms with Crippen molar-refractivity contribution < 1.29 is 9.90 Å². The van der Waals surface area contributed by atoms with Crippen molar-refractivity contribution in [3.05, 3.63) is 68.6 Å². The molecule has 1 atom stereocenters. The van der Waals surface area contributed by atoms with Gasteiger partial charge in [0.25, 0.3) is 11.5 Å².